The average molecular weight is 173 g/mol. The SMILES string of the molecule is CCCC(C)(CN(C)C)C(=O)O. The van der Waals surface area contributed by atoms with Crippen LogP contribution in [-0.2, 0) is 4.79 Å². The van der Waals surface area contributed by atoms with Crippen LogP contribution >= 0.6 is 0 Å². The Morgan fingerprint density at radius 1 is 1.50 bits per heavy atom. The van der Waals surface area contributed by atoms with Gasteiger partial charge in [-0.3, -0.25) is 4.79 Å². The Balaban J connectivity index is 4.28. The molecule has 0 fully saturated rings. The highest BCUT2D eigenvalue weighted by atomic mass is 16.4. The summed E-state index contributed by atoms with van der Waals surface area (Å²) in [4.78, 5) is 12.8. The van der Waals surface area contributed by atoms with Crippen molar-refractivity contribution >= 4 is 5.97 Å². The molecule has 0 amide bonds. The summed E-state index contributed by atoms with van der Waals surface area (Å²) in [6, 6.07) is 0. The first-order chi connectivity index (χ1) is 5.42. The fourth-order valence-corrected chi connectivity index (χ4v) is 1.50. The molecule has 1 unspecified atom stereocenters. The number of hydrogen-bond acceptors (Lipinski definition) is 2. The molecule has 0 spiro atoms. The van der Waals surface area contributed by atoms with Crippen molar-refractivity contribution in [3.05, 3.63) is 0 Å². The van der Waals surface area contributed by atoms with Crippen LogP contribution in [0.3, 0.4) is 0 Å². The molecule has 0 aromatic carbocycles. The van der Waals surface area contributed by atoms with Gasteiger partial charge in [0.05, 0.1) is 5.41 Å². The van der Waals surface area contributed by atoms with Crippen LogP contribution in [0.25, 0.3) is 0 Å². The van der Waals surface area contributed by atoms with Gasteiger partial charge in [-0.05, 0) is 27.4 Å². The minimum atomic E-state index is -0.696. The Kier molecular flexibility index (Phi) is 4.24. The van der Waals surface area contributed by atoms with Crippen molar-refractivity contribution in [1.82, 2.24) is 4.90 Å². The van der Waals surface area contributed by atoms with Gasteiger partial charge in [0.25, 0.3) is 0 Å². The van der Waals surface area contributed by atoms with E-state index >= 15 is 0 Å². The van der Waals surface area contributed by atoms with Gasteiger partial charge >= 0.3 is 5.97 Å². The summed E-state index contributed by atoms with van der Waals surface area (Å²) in [5, 5.41) is 8.99. The van der Waals surface area contributed by atoms with Crippen LogP contribution in [0.2, 0.25) is 0 Å². The Bertz CT molecular complexity index is 157. The molecule has 0 aromatic heterocycles. The Morgan fingerprint density at radius 3 is 2.25 bits per heavy atom. The summed E-state index contributed by atoms with van der Waals surface area (Å²) < 4.78 is 0. The van der Waals surface area contributed by atoms with Crippen molar-refractivity contribution in [3.63, 3.8) is 0 Å². The zero-order chi connectivity index (χ0) is 9.78. The first-order valence-corrected chi connectivity index (χ1v) is 4.30. The van der Waals surface area contributed by atoms with Gasteiger partial charge in [0, 0.05) is 6.54 Å². The maximum atomic E-state index is 10.9. The number of carboxylic acids is 1. The Hall–Kier alpha value is -0.570. The van der Waals surface area contributed by atoms with Gasteiger partial charge in [0.1, 0.15) is 0 Å². The molecule has 0 aliphatic carbocycles. The van der Waals surface area contributed by atoms with Crippen molar-refractivity contribution in [3.8, 4) is 0 Å². The summed E-state index contributed by atoms with van der Waals surface area (Å²) in [7, 11) is 3.80. The molecule has 0 aliphatic rings. The van der Waals surface area contributed by atoms with Gasteiger partial charge in [0.2, 0.25) is 0 Å². The van der Waals surface area contributed by atoms with E-state index in [0.717, 1.165) is 12.8 Å². The summed E-state index contributed by atoms with van der Waals surface area (Å²) in [6.07, 6.45) is 1.65. The van der Waals surface area contributed by atoms with Crippen LogP contribution < -0.4 is 0 Å². The Morgan fingerprint density at radius 2 is 2.00 bits per heavy atom. The van der Waals surface area contributed by atoms with E-state index in [9.17, 15) is 4.79 Å². The number of nitrogens with zero attached hydrogens (tertiary/aromatic N) is 1. The van der Waals surface area contributed by atoms with Crippen molar-refractivity contribution in [2.45, 2.75) is 26.7 Å². The summed E-state index contributed by atoms with van der Waals surface area (Å²) >= 11 is 0. The summed E-state index contributed by atoms with van der Waals surface area (Å²) in [6.45, 7) is 4.42. The predicted octanol–water partition coefficient (Wildman–Crippen LogP) is 1.44. The van der Waals surface area contributed by atoms with E-state index in [4.69, 9.17) is 5.11 Å². The predicted molar refractivity (Wildman–Crippen MR) is 49.2 cm³/mol. The second-order valence-corrected chi connectivity index (χ2v) is 3.85. The summed E-state index contributed by atoms with van der Waals surface area (Å²) in [5.74, 6) is -0.696. The van der Waals surface area contributed by atoms with Crippen LogP contribution in [-0.4, -0.2) is 36.6 Å². The quantitative estimate of drug-likeness (QED) is 0.684. The molecule has 1 N–H and O–H groups in total. The van der Waals surface area contributed by atoms with Gasteiger partial charge < -0.3 is 10.0 Å². The molecular weight excluding hydrogens is 154 g/mol. The lowest BCUT2D eigenvalue weighted by molar-refractivity contribution is -0.149. The highest BCUT2D eigenvalue weighted by Crippen LogP contribution is 2.23. The molecule has 1 atom stereocenters. The van der Waals surface area contributed by atoms with Crippen LogP contribution in [0, 0.1) is 5.41 Å². The molecule has 0 heterocycles. The van der Waals surface area contributed by atoms with Gasteiger partial charge in [-0.15, -0.1) is 0 Å². The third kappa shape index (κ3) is 3.22. The molecule has 0 radical (unpaired) electrons. The van der Waals surface area contributed by atoms with Crippen LogP contribution in [0.5, 0.6) is 0 Å². The molecule has 0 rings (SSSR count). The van der Waals surface area contributed by atoms with Gasteiger partial charge in [0.15, 0.2) is 0 Å². The highest BCUT2D eigenvalue weighted by molar-refractivity contribution is 5.74. The third-order valence-corrected chi connectivity index (χ3v) is 1.98. The molecule has 0 saturated heterocycles. The van der Waals surface area contributed by atoms with Gasteiger partial charge in [-0.25, -0.2) is 0 Å². The topological polar surface area (TPSA) is 40.5 Å². The number of rotatable bonds is 5. The fourth-order valence-electron chi connectivity index (χ4n) is 1.50. The zero-order valence-electron chi connectivity index (χ0n) is 8.42. The molecular formula is C9H19NO2. The number of carboxylic acid groups (broad SMARTS) is 1. The monoisotopic (exact) mass is 173 g/mol. The third-order valence-electron chi connectivity index (χ3n) is 1.98. The van der Waals surface area contributed by atoms with Crippen molar-refractivity contribution in [1.29, 1.82) is 0 Å². The van der Waals surface area contributed by atoms with E-state index in [1.165, 1.54) is 0 Å². The standard InChI is InChI=1S/C9H19NO2/c1-5-6-9(2,8(11)12)7-10(3)4/h5-7H2,1-4H3,(H,11,12). The lowest BCUT2D eigenvalue weighted by atomic mass is 9.85. The lowest BCUT2D eigenvalue weighted by Crippen LogP contribution is -2.37. The largest absolute Gasteiger partial charge is 0.481 e. The smallest absolute Gasteiger partial charge is 0.310 e. The van der Waals surface area contributed by atoms with E-state index in [1.54, 1.807) is 6.92 Å². The van der Waals surface area contributed by atoms with Crippen molar-refractivity contribution < 1.29 is 9.90 Å². The van der Waals surface area contributed by atoms with Crippen molar-refractivity contribution in [2.24, 2.45) is 5.41 Å². The van der Waals surface area contributed by atoms with Crippen LogP contribution in [0.4, 0.5) is 0 Å². The number of carbonyl (C=O) groups is 1. The molecule has 0 aromatic rings. The fraction of sp³-hybridized carbons (Fsp3) is 0.889. The van der Waals surface area contributed by atoms with E-state index in [-0.39, 0.29) is 0 Å². The molecule has 0 aliphatic heterocycles. The van der Waals surface area contributed by atoms with Crippen molar-refractivity contribution in [2.75, 3.05) is 20.6 Å². The molecule has 3 nitrogen and oxygen atoms in total. The van der Waals surface area contributed by atoms with E-state index in [2.05, 4.69) is 0 Å². The first kappa shape index (κ1) is 11.4. The maximum absolute atomic E-state index is 10.9. The number of hydrogen-bond donors (Lipinski definition) is 1. The first-order valence-electron chi connectivity index (χ1n) is 4.30. The molecule has 12 heavy (non-hydrogen) atoms. The molecule has 3 heteroatoms. The molecule has 72 valence electrons. The second kappa shape index (κ2) is 4.45. The van der Waals surface area contributed by atoms with E-state index in [1.807, 2.05) is 25.9 Å². The lowest BCUT2D eigenvalue weighted by Gasteiger charge is -2.27. The molecule has 0 bridgehead atoms. The van der Waals surface area contributed by atoms with E-state index < -0.39 is 11.4 Å². The Labute approximate surface area is 74.4 Å². The number of aliphatic carboxylic acids is 1. The normalized spacial score (nSPS) is 16.1. The highest BCUT2D eigenvalue weighted by Gasteiger charge is 2.32. The summed E-state index contributed by atoms with van der Waals surface area (Å²) in [5.41, 5.74) is -0.585. The average Bonchev–Trinajstić information content (AvgIpc) is 1.85. The van der Waals surface area contributed by atoms with Crippen LogP contribution in [0.15, 0.2) is 0 Å². The minimum Gasteiger partial charge on any atom is -0.481 e. The zero-order valence-corrected chi connectivity index (χ0v) is 8.42. The molecule has 0 saturated carbocycles. The van der Waals surface area contributed by atoms with E-state index in [0.29, 0.717) is 6.54 Å². The maximum Gasteiger partial charge on any atom is 0.310 e. The second-order valence-electron chi connectivity index (χ2n) is 3.85. The van der Waals surface area contributed by atoms with Crippen LogP contribution in [0.1, 0.15) is 26.7 Å². The van der Waals surface area contributed by atoms with Gasteiger partial charge in [-0.1, -0.05) is 13.3 Å². The van der Waals surface area contributed by atoms with Gasteiger partial charge in [-0.2, -0.15) is 0 Å². The minimum absolute atomic E-state index is 0.585.